The van der Waals surface area contributed by atoms with Gasteiger partial charge in [0.05, 0.1) is 26.3 Å². The smallest absolute Gasteiger partial charge is 0.341 e. The molecule has 0 aliphatic carbocycles. The molecule has 0 aliphatic heterocycles. The molecule has 122 valence electrons. The Labute approximate surface area is 136 Å². The van der Waals surface area contributed by atoms with Crippen LogP contribution < -0.4 is 0 Å². The standard InChI is InChI=1S/C15H13N5O4/c1-23-12(21)7-11-10(14(22)24-2)8-17-15-18-13(19-20(11)15)9-3-5-16-6-4-9/h3-6,8H,7H2,1-2H3. The zero-order valence-corrected chi connectivity index (χ0v) is 13.0. The highest BCUT2D eigenvalue weighted by Crippen LogP contribution is 2.18. The van der Waals surface area contributed by atoms with E-state index in [1.807, 2.05) is 0 Å². The molecule has 0 saturated heterocycles. The highest BCUT2D eigenvalue weighted by atomic mass is 16.5. The Bertz CT molecular complexity index is 907. The molecule has 0 aliphatic rings. The molecule has 9 nitrogen and oxygen atoms in total. The first-order valence-corrected chi connectivity index (χ1v) is 6.94. The maximum absolute atomic E-state index is 11.9. The highest BCUT2D eigenvalue weighted by molar-refractivity contribution is 5.91. The van der Waals surface area contributed by atoms with Crippen LogP contribution in [-0.2, 0) is 20.7 Å². The molecule has 0 bridgehead atoms. The lowest BCUT2D eigenvalue weighted by Crippen LogP contribution is -2.16. The van der Waals surface area contributed by atoms with Gasteiger partial charge < -0.3 is 9.47 Å². The van der Waals surface area contributed by atoms with Crippen molar-refractivity contribution in [3.63, 3.8) is 0 Å². The molecule has 0 N–H and O–H groups in total. The number of fused-ring (bicyclic) bond motifs is 1. The Kier molecular flexibility index (Phi) is 4.15. The quantitative estimate of drug-likeness (QED) is 0.644. The SMILES string of the molecule is COC(=O)Cc1c(C(=O)OC)cnc2nc(-c3ccncc3)nn12. The summed E-state index contributed by atoms with van der Waals surface area (Å²) < 4.78 is 10.8. The zero-order chi connectivity index (χ0) is 17.1. The molecule has 0 aromatic carbocycles. The van der Waals surface area contributed by atoms with E-state index in [0.29, 0.717) is 11.5 Å². The second kappa shape index (κ2) is 6.41. The fourth-order valence-corrected chi connectivity index (χ4v) is 2.16. The first kappa shape index (κ1) is 15.5. The normalized spacial score (nSPS) is 10.6. The van der Waals surface area contributed by atoms with Crippen molar-refractivity contribution in [2.45, 2.75) is 6.42 Å². The summed E-state index contributed by atoms with van der Waals surface area (Å²) in [5.41, 5.74) is 1.16. The third kappa shape index (κ3) is 2.78. The van der Waals surface area contributed by atoms with Gasteiger partial charge in [-0.15, -0.1) is 5.10 Å². The monoisotopic (exact) mass is 327 g/mol. The van der Waals surface area contributed by atoms with Crippen molar-refractivity contribution in [1.82, 2.24) is 24.6 Å². The van der Waals surface area contributed by atoms with E-state index in [0.717, 1.165) is 5.56 Å². The van der Waals surface area contributed by atoms with Crippen molar-refractivity contribution in [3.8, 4) is 11.4 Å². The third-order valence-corrected chi connectivity index (χ3v) is 3.35. The molecule has 3 aromatic heterocycles. The van der Waals surface area contributed by atoms with Crippen molar-refractivity contribution < 1.29 is 19.1 Å². The van der Waals surface area contributed by atoms with E-state index in [4.69, 9.17) is 4.74 Å². The maximum atomic E-state index is 11.9. The number of methoxy groups -OCH3 is 2. The van der Waals surface area contributed by atoms with Crippen molar-refractivity contribution >= 4 is 17.7 Å². The van der Waals surface area contributed by atoms with Crippen molar-refractivity contribution in [3.05, 3.63) is 42.0 Å². The summed E-state index contributed by atoms with van der Waals surface area (Å²) in [6, 6.07) is 3.49. The maximum Gasteiger partial charge on any atom is 0.341 e. The minimum absolute atomic E-state index is 0.126. The fraction of sp³-hybridized carbons (Fsp3) is 0.200. The number of carbonyl (C=O) groups is 2. The number of pyridine rings is 1. The van der Waals surface area contributed by atoms with Crippen molar-refractivity contribution in [1.29, 1.82) is 0 Å². The van der Waals surface area contributed by atoms with Crippen molar-refractivity contribution in [2.24, 2.45) is 0 Å². The first-order chi connectivity index (χ1) is 11.6. The molecular formula is C15H13N5O4. The Morgan fingerprint density at radius 1 is 1.17 bits per heavy atom. The van der Waals surface area contributed by atoms with Gasteiger partial charge in [-0.3, -0.25) is 9.78 Å². The van der Waals surface area contributed by atoms with Gasteiger partial charge >= 0.3 is 11.9 Å². The van der Waals surface area contributed by atoms with E-state index < -0.39 is 11.9 Å². The summed E-state index contributed by atoms with van der Waals surface area (Å²) in [6.45, 7) is 0. The van der Waals surface area contributed by atoms with Crippen LogP contribution in [0.15, 0.2) is 30.7 Å². The third-order valence-electron chi connectivity index (χ3n) is 3.35. The molecule has 3 heterocycles. The average Bonchev–Trinajstić information content (AvgIpc) is 3.06. The van der Waals surface area contributed by atoms with Crippen LogP contribution in [0.25, 0.3) is 17.2 Å². The van der Waals surface area contributed by atoms with Gasteiger partial charge in [-0.25, -0.2) is 9.78 Å². The van der Waals surface area contributed by atoms with E-state index in [2.05, 4.69) is 24.8 Å². The van der Waals surface area contributed by atoms with Gasteiger partial charge in [-0.1, -0.05) is 0 Å². The molecule has 0 radical (unpaired) electrons. The van der Waals surface area contributed by atoms with Crippen LogP contribution in [0, 0.1) is 0 Å². The number of rotatable bonds is 4. The molecule has 3 aromatic rings. The minimum Gasteiger partial charge on any atom is -0.469 e. The van der Waals surface area contributed by atoms with Crippen LogP contribution in [0.3, 0.4) is 0 Å². The summed E-state index contributed by atoms with van der Waals surface area (Å²) in [6.07, 6.45) is 4.37. The predicted octanol–water partition coefficient (Wildman–Crippen LogP) is 0.688. The zero-order valence-electron chi connectivity index (χ0n) is 13.0. The molecule has 0 unspecified atom stereocenters. The lowest BCUT2D eigenvalue weighted by molar-refractivity contribution is -0.139. The average molecular weight is 327 g/mol. The minimum atomic E-state index is -0.621. The Morgan fingerprint density at radius 2 is 1.92 bits per heavy atom. The van der Waals surface area contributed by atoms with Crippen molar-refractivity contribution in [2.75, 3.05) is 14.2 Å². The van der Waals surface area contributed by atoms with E-state index in [9.17, 15) is 9.59 Å². The van der Waals surface area contributed by atoms with E-state index in [1.165, 1.54) is 24.9 Å². The Morgan fingerprint density at radius 3 is 2.58 bits per heavy atom. The van der Waals surface area contributed by atoms with Crippen LogP contribution in [0.2, 0.25) is 0 Å². The Balaban J connectivity index is 2.18. The summed E-state index contributed by atoms with van der Waals surface area (Å²) in [5.74, 6) is -0.482. The van der Waals surface area contributed by atoms with Crippen LogP contribution in [-0.4, -0.2) is 50.7 Å². The first-order valence-electron chi connectivity index (χ1n) is 6.94. The highest BCUT2D eigenvalue weighted by Gasteiger charge is 2.21. The number of hydrogen-bond donors (Lipinski definition) is 0. The number of carbonyl (C=O) groups excluding carboxylic acids is 2. The second-order valence-corrected chi connectivity index (χ2v) is 4.75. The second-order valence-electron chi connectivity index (χ2n) is 4.75. The fourth-order valence-electron chi connectivity index (χ4n) is 2.16. The van der Waals surface area contributed by atoms with Crippen LogP contribution in [0.1, 0.15) is 16.1 Å². The topological polar surface area (TPSA) is 109 Å². The molecule has 0 saturated carbocycles. The van der Waals surface area contributed by atoms with Gasteiger partial charge in [0.1, 0.15) is 5.56 Å². The van der Waals surface area contributed by atoms with E-state index in [-0.39, 0.29) is 17.8 Å². The molecule has 24 heavy (non-hydrogen) atoms. The lowest BCUT2D eigenvalue weighted by atomic mass is 10.2. The summed E-state index contributed by atoms with van der Waals surface area (Å²) >= 11 is 0. The van der Waals surface area contributed by atoms with Gasteiger partial charge in [-0.05, 0) is 12.1 Å². The molecule has 0 atom stereocenters. The van der Waals surface area contributed by atoms with Crippen LogP contribution >= 0.6 is 0 Å². The van der Waals surface area contributed by atoms with Gasteiger partial charge in [0, 0.05) is 24.2 Å². The van der Waals surface area contributed by atoms with Crippen LogP contribution in [0.4, 0.5) is 0 Å². The van der Waals surface area contributed by atoms with Gasteiger partial charge in [0.2, 0.25) is 0 Å². The lowest BCUT2D eigenvalue weighted by Gasteiger charge is -2.07. The predicted molar refractivity (Wildman–Crippen MR) is 81.1 cm³/mol. The van der Waals surface area contributed by atoms with Crippen LogP contribution in [0.5, 0.6) is 0 Å². The molecule has 0 spiro atoms. The molecule has 9 heteroatoms. The van der Waals surface area contributed by atoms with Gasteiger partial charge in [-0.2, -0.15) is 9.50 Å². The molecular weight excluding hydrogens is 314 g/mol. The number of nitrogens with zero attached hydrogens (tertiary/aromatic N) is 5. The van der Waals surface area contributed by atoms with Gasteiger partial charge in [0.25, 0.3) is 5.78 Å². The Hall–Kier alpha value is -3.36. The van der Waals surface area contributed by atoms with Gasteiger partial charge in [0.15, 0.2) is 5.82 Å². The summed E-state index contributed by atoms with van der Waals surface area (Å²) in [4.78, 5) is 36.0. The number of hydrogen-bond acceptors (Lipinski definition) is 8. The van der Waals surface area contributed by atoms with E-state index in [1.54, 1.807) is 24.5 Å². The molecule has 0 amide bonds. The largest absolute Gasteiger partial charge is 0.469 e. The summed E-state index contributed by atoms with van der Waals surface area (Å²) in [7, 11) is 2.51. The number of ether oxygens (including phenoxy) is 2. The summed E-state index contributed by atoms with van der Waals surface area (Å²) in [5, 5.41) is 4.35. The molecule has 0 fully saturated rings. The van der Waals surface area contributed by atoms with E-state index >= 15 is 0 Å². The number of esters is 2. The number of aromatic nitrogens is 5. The molecule has 3 rings (SSSR count).